The third-order valence-electron chi connectivity index (χ3n) is 0.988. The molecule has 90 valence electrons. The van der Waals surface area contributed by atoms with E-state index in [1.54, 1.807) is 6.92 Å². The van der Waals surface area contributed by atoms with E-state index in [1.165, 1.54) is 13.8 Å². The Morgan fingerprint density at radius 1 is 1.13 bits per heavy atom. The molecule has 1 atom stereocenters. The Morgan fingerprint density at radius 2 is 1.60 bits per heavy atom. The summed E-state index contributed by atoms with van der Waals surface area (Å²) in [6, 6.07) is 0. The number of carbonyl (C=O) groups is 2. The minimum atomic E-state index is -0.371. The van der Waals surface area contributed by atoms with Gasteiger partial charge in [0.1, 0.15) is 12.7 Å². The minimum absolute atomic E-state index is 0.120. The van der Waals surface area contributed by atoms with E-state index in [9.17, 15) is 9.59 Å². The van der Waals surface area contributed by atoms with E-state index >= 15 is 0 Å². The molecule has 0 aromatic rings. The Morgan fingerprint density at radius 3 is 1.87 bits per heavy atom. The second kappa shape index (κ2) is 10.9. The number of rotatable bonds is 4. The van der Waals surface area contributed by atoms with Crippen LogP contribution < -0.4 is 0 Å². The lowest BCUT2D eigenvalue weighted by Gasteiger charge is -2.10. The second-order valence-corrected chi connectivity index (χ2v) is 2.67. The number of carbonyl (C=O) groups excluding carboxylic acids is 2. The molecule has 1 unspecified atom stereocenters. The zero-order valence-corrected chi connectivity index (χ0v) is 9.23. The average Bonchev–Trinajstić information content (AvgIpc) is 2.14. The monoisotopic (exact) mass is 222 g/mol. The van der Waals surface area contributed by atoms with Crippen molar-refractivity contribution in [3.63, 3.8) is 0 Å². The van der Waals surface area contributed by atoms with Gasteiger partial charge in [0.2, 0.25) is 0 Å². The van der Waals surface area contributed by atoms with Crippen LogP contribution in [0.25, 0.3) is 0 Å². The third kappa shape index (κ3) is 19.3. The fourth-order valence-corrected chi connectivity index (χ4v) is 0.552. The van der Waals surface area contributed by atoms with Crippen molar-refractivity contribution < 1.29 is 29.3 Å². The van der Waals surface area contributed by atoms with Crippen LogP contribution in [0.15, 0.2) is 0 Å². The zero-order chi connectivity index (χ0) is 12.3. The van der Waals surface area contributed by atoms with Crippen LogP contribution in [0.4, 0.5) is 0 Å². The van der Waals surface area contributed by atoms with Gasteiger partial charge in [-0.05, 0) is 6.92 Å². The van der Waals surface area contributed by atoms with Crippen LogP contribution >= 0.6 is 0 Å². The first kappa shape index (κ1) is 16.3. The highest BCUT2D eigenvalue weighted by molar-refractivity contribution is 5.67. The molecule has 0 saturated carbocycles. The Kier molecular flexibility index (Phi) is 11.9. The molecule has 0 aromatic carbocycles. The maximum atomic E-state index is 10.3. The predicted octanol–water partition coefficient (Wildman–Crippen LogP) is -0.528. The summed E-state index contributed by atoms with van der Waals surface area (Å²) < 4.78 is 9.27. The van der Waals surface area contributed by atoms with Crippen LogP contribution in [-0.2, 0) is 19.1 Å². The van der Waals surface area contributed by atoms with Crippen LogP contribution in [0.3, 0.4) is 0 Å². The van der Waals surface area contributed by atoms with Gasteiger partial charge in [0.05, 0.1) is 13.2 Å². The molecular weight excluding hydrogens is 204 g/mol. The van der Waals surface area contributed by atoms with Crippen molar-refractivity contribution in [2.45, 2.75) is 26.9 Å². The number of esters is 2. The Bertz CT molecular complexity index is 177. The highest BCUT2D eigenvalue weighted by atomic mass is 16.6. The lowest BCUT2D eigenvalue weighted by molar-refractivity contribution is -0.155. The van der Waals surface area contributed by atoms with Gasteiger partial charge in [-0.15, -0.1) is 0 Å². The highest BCUT2D eigenvalue weighted by Crippen LogP contribution is 1.92. The van der Waals surface area contributed by atoms with Crippen LogP contribution in [-0.4, -0.2) is 48.1 Å². The number of hydrogen-bond donors (Lipinski definition) is 2. The van der Waals surface area contributed by atoms with Crippen molar-refractivity contribution in [3.8, 4) is 0 Å². The second-order valence-electron chi connectivity index (χ2n) is 2.67. The van der Waals surface area contributed by atoms with Crippen LogP contribution in [0.1, 0.15) is 20.8 Å². The van der Waals surface area contributed by atoms with E-state index in [-0.39, 0.29) is 37.9 Å². The SMILES string of the molecule is CC(=O)OCC(C)OC(C)=O.OCCO. The molecule has 15 heavy (non-hydrogen) atoms. The molecule has 0 aliphatic rings. The Labute approximate surface area is 88.8 Å². The zero-order valence-electron chi connectivity index (χ0n) is 9.23. The fraction of sp³-hybridized carbons (Fsp3) is 0.778. The van der Waals surface area contributed by atoms with Gasteiger partial charge in [-0.2, -0.15) is 0 Å². The number of ether oxygens (including phenoxy) is 2. The predicted molar refractivity (Wildman–Crippen MR) is 52.0 cm³/mol. The molecule has 0 aliphatic carbocycles. The van der Waals surface area contributed by atoms with E-state index in [2.05, 4.69) is 9.47 Å². The van der Waals surface area contributed by atoms with Gasteiger partial charge in [-0.25, -0.2) is 0 Å². The largest absolute Gasteiger partial charge is 0.462 e. The average molecular weight is 222 g/mol. The van der Waals surface area contributed by atoms with Crippen molar-refractivity contribution in [1.29, 1.82) is 0 Å². The third-order valence-corrected chi connectivity index (χ3v) is 0.988. The molecule has 2 N–H and O–H groups in total. The van der Waals surface area contributed by atoms with Gasteiger partial charge in [-0.3, -0.25) is 9.59 Å². The molecule has 0 saturated heterocycles. The Balaban J connectivity index is 0. The van der Waals surface area contributed by atoms with E-state index in [0.717, 1.165) is 0 Å². The van der Waals surface area contributed by atoms with Gasteiger partial charge in [-0.1, -0.05) is 0 Å². The van der Waals surface area contributed by atoms with Crippen molar-refractivity contribution >= 4 is 11.9 Å². The molecule has 0 heterocycles. The van der Waals surface area contributed by atoms with E-state index in [4.69, 9.17) is 10.2 Å². The van der Waals surface area contributed by atoms with E-state index in [1.807, 2.05) is 0 Å². The molecule has 6 heteroatoms. The van der Waals surface area contributed by atoms with Gasteiger partial charge in [0.15, 0.2) is 0 Å². The van der Waals surface area contributed by atoms with Gasteiger partial charge < -0.3 is 19.7 Å². The van der Waals surface area contributed by atoms with E-state index in [0.29, 0.717) is 0 Å². The number of aliphatic hydroxyl groups is 2. The van der Waals surface area contributed by atoms with Crippen molar-refractivity contribution in [2.75, 3.05) is 19.8 Å². The van der Waals surface area contributed by atoms with Gasteiger partial charge >= 0.3 is 11.9 Å². The summed E-state index contributed by atoms with van der Waals surface area (Å²) >= 11 is 0. The summed E-state index contributed by atoms with van der Waals surface area (Å²) in [6.45, 7) is 4.14. The van der Waals surface area contributed by atoms with Gasteiger partial charge in [0.25, 0.3) is 0 Å². The molecule has 0 rings (SSSR count). The van der Waals surface area contributed by atoms with Crippen molar-refractivity contribution in [1.82, 2.24) is 0 Å². The summed E-state index contributed by atoms with van der Waals surface area (Å²) in [6.07, 6.45) is -0.364. The molecule has 0 aliphatic heterocycles. The summed E-state index contributed by atoms with van der Waals surface area (Å²) in [7, 11) is 0. The first-order valence-corrected chi connectivity index (χ1v) is 4.46. The first-order chi connectivity index (χ1) is 6.93. The topological polar surface area (TPSA) is 93.1 Å². The molecule has 0 radical (unpaired) electrons. The van der Waals surface area contributed by atoms with Crippen LogP contribution in [0, 0.1) is 0 Å². The highest BCUT2D eigenvalue weighted by Gasteiger charge is 2.06. The standard InChI is InChI=1S/C7H12O4.C2H6O2/c1-5(11-7(3)9)4-10-6(2)8;3-1-2-4/h5H,4H2,1-3H3;3-4H,1-2H2. The number of aliphatic hydroxyl groups excluding tert-OH is 2. The summed E-state index contributed by atoms with van der Waals surface area (Å²) in [5.41, 5.74) is 0. The quantitative estimate of drug-likeness (QED) is 0.621. The fourth-order valence-electron chi connectivity index (χ4n) is 0.552. The summed E-state index contributed by atoms with van der Waals surface area (Å²) in [4.78, 5) is 20.6. The lowest BCUT2D eigenvalue weighted by Crippen LogP contribution is -2.19. The molecule has 0 amide bonds. The van der Waals surface area contributed by atoms with Crippen molar-refractivity contribution in [3.05, 3.63) is 0 Å². The molecule has 6 nitrogen and oxygen atoms in total. The first-order valence-electron chi connectivity index (χ1n) is 4.46. The summed E-state index contributed by atoms with van der Waals surface area (Å²) in [5.74, 6) is -0.742. The lowest BCUT2D eigenvalue weighted by atomic mass is 10.4. The maximum Gasteiger partial charge on any atom is 0.303 e. The summed E-state index contributed by atoms with van der Waals surface area (Å²) in [5, 5.41) is 15.2. The van der Waals surface area contributed by atoms with Crippen LogP contribution in [0.2, 0.25) is 0 Å². The minimum Gasteiger partial charge on any atom is -0.462 e. The van der Waals surface area contributed by atoms with Gasteiger partial charge in [0, 0.05) is 13.8 Å². The molecule has 0 aromatic heterocycles. The van der Waals surface area contributed by atoms with E-state index < -0.39 is 0 Å². The smallest absolute Gasteiger partial charge is 0.303 e. The molecular formula is C9H18O6. The van der Waals surface area contributed by atoms with Crippen LogP contribution in [0.5, 0.6) is 0 Å². The normalized spacial score (nSPS) is 10.7. The molecule has 0 spiro atoms. The Hall–Kier alpha value is -1.14. The molecule has 0 fully saturated rings. The maximum absolute atomic E-state index is 10.3. The number of hydrogen-bond acceptors (Lipinski definition) is 6. The van der Waals surface area contributed by atoms with Crippen molar-refractivity contribution in [2.24, 2.45) is 0 Å². The molecule has 0 bridgehead atoms.